The minimum Gasteiger partial charge on any atom is -0.392 e. The monoisotopic (exact) mass is 293 g/mol. The van der Waals surface area contributed by atoms with Crippen LogP contribution in [0.5, 0.6) is 0 Å². The molecule has 1 saturated heterocycles. The standard InChI is InChI=1S/C9H15N3O4S2/c10-7(17)5-12-9(14)8(13)11-4-6-2-1-3-18(6,15)16/h6H,1-5H2,(H2,10,17)(H,11,13)(H,12,14). The number of nitrogens with one attached hydrogen (secondary N) is 2. The van der Waals surface area contributed by atoms with Crippen LogP contribution in [-0.2, 0) is 19.4 Å². The van der Waals surface area contributed by atoms with Crippen molar-refractivity contribution in [2.75, 3.05) is 18.8 Å². The van der Waals surface area contributed by atoms with E-state index in [2.05, 4.69) is 22.9 Å². The van der Waals surface area contributed by atoms with Gasteiger partial charge in [0.1, 0.15) is 0 Å². The Morgan fingerprint density at radius 3 is 2.39 bits per heavy atom. The van der Waals surface area contributed by atoms with Crippen LogP contribution in [0.3, 0.4) is 0 Å². The van der Waals surface area contributed by atoms with E-state index in [0.29, 0.717) is 12.8 Å². The van der Waals surface area contributed by atoms with Crippen molar-refractivity contribution in [2.24, 2.45) is 5.73 Å². The number of rotatable bonds is 4. The van der Waals surface area contributed by atoms with Gasteiger partial charge in [-0.15, -0.1) is 0 Å². The van der Waals surface area contributed by atoms with Crippen LogP contribution in [0.25, 0.3) is 0 Å². The third-order valence-electron chi connectivity index (χ3n) is 2.58. The molecule has 2 amide bonds. The van der Waals surface area contributed by atoms with Crippen LogP contribution < -0.4 is 16.4 Å². The molecule has 0 aromatic carbocycles. The highest BCUT2D eigenvalue weighted by Crippen LogP contribution is 2.18. The second-order valence-electron chi connectivity index (χ2n) is 3.99. The van der Waals surface area contributed by atoms with Crippen molar-refractivity contribution in [3.05, 3.63) is 0 Å². The zero-order chi connectivity index (χ0) is 13.8. The van der Waals surface area contributed by atoms with Crippen molar-refractivity contribution in [1.29, 1.82) is 0 Å². The van der Waals surface area contributed by atoms with Gasteiger partial charge >= 0.3 is 11.8 Å². The average molecular weight is 293 g/mol. The predicted octanol–water partition coefficient (Wildman–Crippen LogP) is -1.92. The summed E-state index contributed by atoms with van der Waals surface area (Å²) in [6, 6.07) is 0. The molecule has 0 radical (unpaired) electrons. The highest BCUT2D eigenvalue weighted by molar-refractivity contribution is 7.92. The summed E-state index contributed by atoms with van der Waals surface area (Å²) in [5.74, 6) is -1.62. The first-order chi connectivity index (χ1) is 8.33. The van der Waals surface area contributed by atoms with Gasteiger partial charge in [0.2, 0.25) is 0 Å². The molecule has 1 fully saturated rings. The molecule has 1 rings (SSSR count). The minimum atomic E-state index is -3.12. The first-order valence-corrected chi connectivity index (χ1v) is 7.51. The molecule has 7 nitrogen and oxygen atoms in total. The molecule has 0 aliphatic carbocycles. The van der Waals surface area contributed by atoms with E-state index in [0.717, 1.165) is 0 Å². The molecule has 1 aliphatic rings. The summed E-state index contributed by atoms with van der Waals surface area (Å²) in [6.45, 7) is -0.106. The van der Waals surface area contributed by atoms with Gasteiger partial charge in [0, 0.05) is 6.54 Å². The van der Waals surface area contributed by atoms with Crippen molar-refractivity contribution >= 4 is 38.9 Å². The van der Waals surface area contributed by atoms with E-state index in [1.165, 1.54) is 0 Å². The number of hydrogen-bond acceptors (Lipinski definition) is 5. The quantitative estimate of drug-likeness (QED) is 0.411. The molecular weight excluding hydrogens is 278 g/mol. The first kappa shape index (κ1) is 14.8. The minimum absolute atomic E-state index is 0.0400. The van der Waals surface area contributed by atoms with E-state index in [1.807, 2.05) is 0 Å². The first-order valence-electron chi connectivity index (χ1n) is 5.39. The Bertz CT molecular complexity index is 460. The number of carbonyl (C=O) groups excluding carboxylic acids is 2. The van der Waals surface area contributed by atoms with Crippen LogP contribution in [0.15, 0.2) is 0 Å². The van der Waals surface area contributed by atoms with Gasteiger partial charge in [-0.2, -0.15) is 0 Å². The van der Waals surface area contributed by atoms with Gasteiger partial charge in [0.25, 0.3) is 0 Å². The van der Waals surface area contributed by atoms with Crippen LogP contribution in [0, 0.1) is 0 Å². The number of thiocarbonyl (C=S) groups is 1. The van der Waals surface area contributed by atoms with E-state index in [1.54, 1.807) is 0 Å². The summed E-state index contributed by atoms with van der Waals surface area (Å²) in [4.78, 5) is 22.6. The molecule has 1 aliphatic heterocycles. The number of hydrogen-bond donors (Lipinski definition) is 3. The maximum absolute atomic E-state index is 11.5. The van der Waals surface area contributed by atoms with Gasteiger partial charge in [0.15, 0.2) is 9.84 Å². The van der Waals surface area contributed by atoms with Crippen LogP contribution in [0.2, 0.25) is 0 Å². The lowest BCUT2D eigenvalue weighted by molar-refractivity contribution is -0.139. The van der Waals surface area contributed by atoms with Gasteiger partial charge in [-0.25, -0.2) is 8.42 Å². The lowest BCUT2D eigenvalue weighted by atomic mass is 10.2. The van der Waals surface area contributed by atoms with Crippen LogP contribution in [0.1, 0.15) is 12.8 Å². The van der Waals surface area contributed by atoms with Gasteiger partial charge in [-0.05, 0) is 12.8 Å². The smallest absolute Gasteiger partial charge is 0.309 e. The molecule has 1 heterocycles. The summed E-state index contributed by atoms with van der Waals surface area (Å²) >= 11 is 4.53. The Morgan fingerprint density at radius 2 is 1.89 bits per heavy atom. The summed E-state index contributed by atoms with van der Waals surface area (Å²) in [6.07, 6.45) is 1.10. The molecule has 4 N–H and O–H groups in total. The van der Waals surface area contributed by atoms with Gasteiger partial charge < -0.3 is 16.4 Å². The summed E-state index contributed by atoms with van der Waals surface area (Å²) in [7, 11) is -3.12. The molecule has 9 heteroatoms. The van der Waals surface area contributed by atoms with E-state index in [9.17, 15) is 18.0 Å². The fraction of sp³-hybridized carbons (Fsp3) is 0.667. The average Bonchev–Trinajstić information content (AvgIpc) is 2.62. The molecule has 0 saturated carbocycles. The van der Waals surface area contributed by atoms with Crippen molar-refractivity contribution in [3.63, 3.8) is 0 Å². The largest absolute Gasteiger partial charge is 0.392 e. The van der Waals surface area contributed by atoms with E-state index in [4.69, 9.17) is 5.73 Å². The van der Waals surface area contributed by atoms with Gasteiger partial charge in [-0.3, -0.25) is 9.59 Å². The lowest BCUT2D eigenvalue weighted by Crippen LogP contribution is -2.45. The Hall–Kier alpha value is -1.22. The van der Waals surface area contributed by atoms with Gasteiger partial charge in [-0.1, -0.05) is 12.2 Å². The molecule has 102 valence electrons. The van der Waals surface area contributed by atoms with Crippen molar-refractivity contribution in [3.8, 4) is 0 Å². The summed E-state index contributed by atoms with van der Waals surface area (Å²) < 4.78 is 22.9. The number of carbonyl (C=O) groups is 2. The Balaban J connectivity index is 2.37. The third kappa shape index (κ3) is 4.22. The summed E-state index contributed by atoms with van der Waals surface area (Å²) in [5.41, 5.74) is 5.16. The van der Waals surface area contributed by atoms with Crippen LogP contribution >= 0.6 is 12.2 Å². The maximum Gasteiger partial charge on any atom is 0.309 e. The predicted molar refractivity (Wildman–Crippen MR) is 69.6 cm³/mol. The molecule has 1 atom stereocenters. The van der Waals surface area contributed by atoms with Crippen molar-refractivity contribution in [1.82, 2.24) is 10.6 Å². The number of sulfone groups is 1. The zero-order valence-electron chi connectivity index (χ0n) is 9.64. The molecule has 1 unspecified atom stereocenters. The van der Waals surface area contributed by atoms with Crippen LogP contribution in [0.4, 0.5) is 0 Å². The van der Waals surface area contributed by atoms with Crippen molar-refractivity contribution < 1.29 is 18.0 Å². The molecule has 18 heavy (non-hydrogen) atoms. The summed E-state index contributed by atoms with van der Waals surface area (Å²) in [5, 5.41) is 3.91. The van der Waals surface area contributed by atoms with Gasteiger partial charge in [0.05, 0.1) is 22.5 Å². The normalized spacial score (nSPS) is 21.2. The fourth-order valence-electron chi connectivity index (χ4n) is 1.62. The Labute approximate surface area is 110 Å². The molecule has 0 aromatic heterocycles. The molecule has 0 aromatic rings. The number of amides is 2. The Morgan fingerprint density at radius 1 is 1.28 bits per heavy atom. The third-order valence-corrected chi connectivity index (χ3v) is 5.00. The molecular formula is C9H15N3O4S2. The number of nitrogens with two attached hydrogens (primary N) is 1. The van der Waals surface area contributed by atoms with E-state index >= 15 is 0 Å². The van der Waals surface area contributed by atoms with E-state index in [-0.39, 0.29) is 23.8 Å². The highest BCUT2D eigenvalue weighted by Gasteiger charge is 2.31. The SMILES string of the molecule is NC(=S)CNC(=O)C(=O)NCC1CCCS1(=O)=O. The second kappa shape index (κ2) is 6.10. The second-order valence-corrected chi connectivity index (χ2v) is 6.92. The molecule has 0 spiro atoms. The van der Waals surface area contributed by atoms with E-state index < -0.39 is 26.9 Å². The van der Waals surface area contributed by atoms with Crippen LogP contribution in [-0.4, -0.2) is 49.3 Å². The fourth-order valence-corrected chi connectivity index (χ4v) is 3.46. The highest BCUT2D eigenvalue weighted by atomic mass is 32.2. The maximum atomic E-state index is 11.5. The zero-order valence-corrected chi connectivity index (χ0v) is 11.3. The van der Waals surface area contributed by atoms with Crippen molar-refractivity contribution in [2.45, 2.75) is 18.1 Å². The topological polar surface area (TPSA) is 118 Å². The molecule has 0 bridgehead atoms. The Kier molecular flexibility index (Phi) is 5.03. The lowest BCUT2D eigenvalue weighted by Gasteiger charge is -2.10.